The van der Waals surface area contributed by atoms with E-state index in [1.807, 2.05) is 43.0 Å². The lowest BCUT2D eigenvalue weighted by molar-refractivity contribution is -0.132. The SMILES string of the molecule is COc1cnc(-c2ccccc2N2CCN(C(=O)Cn3nc(C)cc3C)CC2)cn1. The van der Waals surface area contributed by atoms with E-state index < -0.39 is 0 Å². The van der Waals surface area contributed by atoms with Crippen LogP contribution in [0.25, 0.3) is 11.3 Å². The molecular formula is C22H26N6O2. The number of nitrogens with zero attached hydrogens (tertiary/aromatic N) is 6. The highest BCUT2D eigenvalue weighted by Crippen LogP contribution is 2.30. The van der Waals surface area contributed by atoms with Gasteiger partial charge in [-0.1, -0.05) is 18.2 Å². The van der Waals surface area contributed by atoms with Gasteiger partial charge in [0.2, 0.25) is 11.8 Å². The van der Waals surface area contributed by atoms with Gasteiger partial charge >= 0.3 is 0 Å². The molecule has 4 rings (SSSR count). The highest BCUT2D eigenvalue weighted by Gasteiger charge is 2.23. The number of hydrogen-bond acceptors (Lipinski definition) is 6. The number of carbonyl (C=O) groups is 1. The third-order valence-corrected chi connectivity index (χ3v) is 5.38. The summed E-state index contributed by atoms with van der Waals surface area (Å²) in [6.07, 6.45) is 3.35. The number of para-hydroxylation sites is 1. The Balaban J connectivity index is 1.44. The summed E-state index contributed by atoms with van der Waals surface area (Å²) in [5, 5.41) is 4.40. The molecule has 1 saturated heterocycles. The van der Waals surface area contributed by atoms with Crippen LogP contribution in [0.1, 0.15) is 11.4 Å². The van der Waals surface area contributed by atoms with Crippen molar-refractivity contribution in [3.8, 4) is 17.1 Å². The molecule has 0 N–H and O–H groups in total. The molecule has 0 spiro atoms. The number of carbonyl (C=O) groups excluding carboxylic acids is 1. The highest BCUT2D eigenvalue weighted by atomic mass is 16.5. The zero-order chi connectivity index (χ0) is 21.1. The molecule has 30 heavy (non-hydrogen) atoms. The van der Waals surface area contributed by atoms with Crippen LogP contribution >= 0.6 is 0 Å². The van der Waals surface area contributed by atoms with E-state index in [9.17, 15) is 4.79 Å². The van der Waals surface area contributed by atoms with Crippen LogP contribution < -0.4 is 9.64 Å². The highest BCUT2D eigenvalue weighted by molar-refractivity contribution is 5.78. The van der Waals surface area contributed by atoms with Crippen molar-refractivity contribution in [2.45, 2.75) is 20.4 Å². The van der Waals surface area contributed by atoms with Crippen LogP contribution in [0, 0.1) is 13.8 Å². The number of piperazine rings is 1. The molecule has 1 amide bonds. The van der Waals surface area contributed by atoms with Gasteiger partial charge in [-0.3, -0.25) is 9.48 Å². The molecule has 1 aromatic carbocycles. The van der Waals surface area contributed by atoms with Gasteiger partial charge in [-0.2, -0.15) is 5.10 Å². The van der Waals surface area contributed by atoms with E-state index in [-0.39, 0.29) is 12.5 Å². The van der Waals surface area contributed by atoms with Crippen LogP contribution in [-0.4, -0.2) is 63.8 Å². The number of amides is 1. The smallest absolute Gasteiger partial charge is 0.244 e. The van der Waals surface area contributed by atoms with Crippen molar-refractivity contribution in [3.63, 3.8) is 0 Å². The topological polar surface area (TPSA) is 76.4 Å². The molecule has 8 heteroatoms. The maximum atomic E-state index is 12.7. The first-order valence-corrected chi connectivity index (χ1v) is 10.0. The quantitative estimate of drug-likeness (QED) is 0.647. The molecular weight excluding hydrogens is 380 g/mol. The molecule has 8 nitrogen and oxygen atoms in total. The summed E-state index contributed by atoms with van der Waals surface area (Å²) >= 11 is 0. The first-order valence-electron chi connectivity index (χ1n) is 10.0. The van der Waals surface area contributed by atoms with Crippen molar-refractivity contribution in [3.05, 3.63) is 54.1 Å². The lowest BCUT2D eigenvalue weighted by Crippen LogP contribution is -2.49. The maximum Gasteiger partial charge on any atom is 0.244 e. The summed E-state index contributed by atoms with van der Waals surface area (Å²) in [6.45, 7) is 7.10. The standard InChI is InChI=1S/C22H26N6O2/c1-16-12-17(2)28(25-16)15-22(29)27-10-8-26(9-11-27)20-7-5-4-6-18(20)19-13-24-21(30-3)14-23-19/h4-7,12-14H,8-11,15H2,1-3H3. The Morgan fingerprint density at radius 3 is 2.47 bits per heavy atom. The van der Waals surface area contributed by atoms with E-state index in [4.69, 9.17) is 4.74 Å². The minimum absolute atomic E-state index is 0.107. The van der Waals surface area contributed by atoms with E-state index in [1.165, 1.54) is 0 Å². The van der Waals surface area contributed by atoms with Gasteiger partial charge in [0.15, 0.2) is 0 Å². The van der Waals surface area contributed by atoms with Crippen molar-refractivity contribution < 1.29 is 9.53 Å². The molecule has 0 unspecified atom stereocenters. The van der Waals surface area contributed by atoms with Crippen LogP contribution in [0.15, 0.2) is 42.7 Å². The van der Waals surface area contributed by atoms with Gasteiger partial charge < -0.3 is 14.5 Å². The first-order chi connectivity index (χ1) is 14.5. The lowest BCUT2D eigenvalue weighted by Gasteiger charge is -2.37. The fourth-order valence-electron chi connectivity index (χ4n) is 3.79. The van der Waals surface area contributed by atoms with E-state index in [2.05, 4.69) is 26.0 Å². The molecule has 3 aromatic rings. The summed E-state index contributed by atoms with van der Waals surface area (Å²) in [6, 6.07) is 10.2. The number of ether oxygens (including phenoxy) is 1. The van der Waals surface area contributed by atoms with Crippen LogP contribution in [0.5, 0.6) is 5.88 Å². The average Bonchev–Trinajstić information content (AvgIpc) is 3.10. The molecule has 0 bridgehead atoms. The molecule has 1 aliphatic heterocycles. The Kier molecular flexibility index (Phi) is 5.65. The Bertz CT molecular complexity index is 1020. The van der Waals surface area contributed by atoms with Gasteiger partial charge in [0.05, 0.1) is 30.9 Å². The van der Waals surface area contributed by atoms with Crippen LogP contribution in [-0.2, 0) is 11.3 Å². The predicted molar refractivity (Wildman–Crippen MR) is 115 cm³/mol. The Morgan fingerprint density at radius 2 is 1.83 bits per heavy atom. The summed E-state index contributed by atoms with van der Waals surface area (Å²) < 4.78 is 6.89. The van der Waals surface area contributed by atoms with Gasteiger partial charge in [-0.25, -0.2) is 9.97 Å². The fraction of sp³-hybridized carbons (Fsp3) is 0.364. The van der Waals surface area contributed by atoms with Gasteiger partial charge in [0.25, 0.3) is 0 Å². The second-order valence-corrected chi connectivity index (χ2v) is 7.41. The van der Waals surface area contributed by atoms with Crippen molar-refractivity contribution in [1.82, 2.24) is 24.6 Å². The number of methoxy groups -OCH3 is 1. The van der Waals surface area contributed by atoms with E-state index in [1.54, 1.807) is 24.2 Å². The Morgan fingerprint density at radius 1 is 1.07 bits per heavy atom. The van der Waals surface area contributed by atoms with Crippen molar-refractivity contribution in [1.29, 1.82) is 0 Å². The third-order valence-electron chi connectivity index (χ3n) is 5.38. The maximum absolute atomic E-state index is 12.7. The predicted octanol–water partition coefficient (Wildman–Crippen LogP) is 2.31. The van der Waals surface area contributed by atoms with E-state index in [0.29, 0.717) is 19.0 Å². The number of hydrogen-bond donors (Lipinski definition) is 0. The molecule has 0 atom stereocenters. The van der Waals surface area contributed by atoms with Crippen LogP contribution in [0.3, 0.4) is 0 Å². The zero-order valence-corrected chi connectivity index (χ0v) is 17.6. The summed E-state index contributed by atoms with van der Waals surface area (Å²) in [4.78, 5) is 25.7. The van der Waals surface area contributed by atoms with Crippen molar-refractivity contribution >= 4 is 11.6 Å². The Hall–Kier alpha value is -3.42. The Labute approximate surface area is 176 Å². The van der Waals surface area contributed by atoms with Gasteiger partial charge in [0.1, 0.15) is 6.54 Å². The molecule has 1 fully saturated rings. The normalized spacial score (nSPS) is 14.1. The molecule has 0 radical (unpaired) electrons. The monoisotopic (exact) mass is 406 g/mol. The number of aryl methyl sites for hydroxylation is 2. The number of aromatic nitrogens is 4. The summed E-state index contributed by atoms with van der Waals surface area (Å²) in [5.74, 6) is 0.598. The molecule has 156 valence electrons. The van der Waals surface area contributed by atoms with Gasteiger partial charge in [-0.05, 0) is 26.0 Å². The molecule has 1 aliphatic rings. The second kappa shape index (κ2) is 8.52. The first kappa shape index (κ1) is 19.9. The zero-order valence-electron chi connectivity index (χ0n) is 17.6. The van der Waals surface area contributed by atoms with Crippen LogP contribution in [0.4, 0.5) is 5.69 Å². The van der Waals surface area contributed by atoms with Gasteiger partial charge in [-0.15, -0.1) is 0 Å². The lowest BCUT2D eigenvalue weighted by atomic mass is 10.1. The van der Waals surface area contributed by atoms with E-state index >= 15 is 0 Å². The second-order valence-electron chi connectivity index (χ2n) is 7.41. The summed E-state index contributed by atoms with van der Waals surface area (Å²) in [5.41, 5.74) is 4.87. The van der Waals surface area contributed by atoms with Crippen molar-refractivity contribution in [2.75, 3.05) is 38.2 Å². The van der Waals surface area contributed by atoms with E-state index in [0.717, 1.165) is 41.4 Å². The minimum Gasteiger partial charge on any atom is -0.480 e. The van der Waals surface area contributed by atoms with Gasteiger partial charge in [0, 0.05) is 43.1 Å². The molecule has 3 heterocycles. The molecule has 2 aromatic heterocycles. The van der Waals surface area contributed by atoms with Crippen LogP contribution in [0.2, 0.25) is 0 Å². The minimum atomic E-state index is 0.107. The van der Waals surface area contributed by atoms with Crippen molar-refractivity contribution in [2.24, 2.45) is 0 Å². The average molecular weight is 406 g/mol. The third kappa shape index (κ3) is 4.12. The molecule has 0 aliphatic carbocycles. The number of anilines is 1. The summed E-state index contributed by atoms with van der Waals surface area (Å²) in [7, 11) is 1.58. The molecule has 0 saturated carbocycles. The number of rotatable bonds is 5. The fourth-order valence-corrected chi connectivity index (χ4v) is 3.79. The largest absolute Gasteiger partial charge is 0.480 e. The number of benzene rings is 1.